The van der Waals surface area contributed by atoms with Gasteiger partial charge in [0.05, 0.1) is 0 Å². The molecular formula is C12H22N2. The molecule has 0 radical (unpaired) electrons. The lowest BCUT2D eigenvalue weighted by molar-refractivity contribution is 0.221. The Kier molecular flexibility index (Phi) is 2.29. The standard InChI is InChI=1S/C12H22N2/c1-14-6-4-10(5-7-14)13-12-3-2-9-8-11(9)12/h9-13H,2-8H2,1H3. The van der Waals surface area contributed by atoms with Gasteiger partial charge in [0, 0.05) is 12.1 Å². The fraction of sp³-hybridized carbons (Fsp3) is 1.00. The molecule has 3 unspecified atom stereocenters. The van der Waals surface area contributed by atoms with Crippen LogP contribution in [-0.2, 0) is 0 Å². The first-order valence-electron chi connectivity index (χ1n) is 6.27. The van der Waals surface area contributed by atoms with Crippen molar-refractivity contribution >= 4 is 0 Å². The molecular weight excluding hydrogens is 172 g/mol. The van der Waals surface area contributed by atoms with Crippen LogP contribution in [0.1, 0.15) is 32.1 Å². The highest BCUT2D eigenvalue weighted by molar-refractivity contribution is 5.02. The summed E-state index contributed by atoms with van der Waals surface area (Å²) in [5.74, 6) is 2.20. The van der Waals surface area contributed by atoms with E-state index in [9.17, 15) is 0 Å². The monoisotopic (exact) mass is 194 g/mol. The van der Waals surface area contributed by atoms with Crippen molar-refractivity contribution in [2.45, 2.75) is 44.2 Å². The van der Waals surface area contributed by atoms with Crippen molar-refractivity contribution in [3.63, 3.8) is 0 Å². The summed E-state index contributed by atoms with van der Waals surface area (Å²) in [4.78, 5) is 2.45. The fourth-order valence-corrected chi connectivity index (χ4v) is 3.39. The highest BCUT2D eigenvalue weighted by Crippen LogP contribution is 2.51. The van der Waals surface area contributed by atoms with Gasteiger partial charge in [0.1, 0.15) is 0 Å². The third kappa shape index (κ3) is 1.70. The quantitative estimate of drug-likeness (QED) is 0.716. The van der Waals surface area contributed by atoms with Crippen molar-refractivity contribution in [3.05, 3.63) is 0 Å². The molecule has 1 N–H and O–H groups in total. The van der Waals surface area contributed by atoms with Crippen LogP contribution in [0, 0.1) is 11.8 Å². The van der Waals surface area contributed by atoms with Crippen molar-refractivity contribution in [1.29, 1.82) is 0 Å². The van der Waals surface area contributed by atoms with E-state index in [1.165, 1.54) is 45.2 Å². The Morgan fingerprint density at radius 1 is 1.07 bits per heavy atom. The Balaban J connectivity index is 1.48. The molecule has 3 atom stereocenters. The van der Waals surface area contributed by atoms with Crippen LogP contribution in [0.25, 0.3) is 0 Å². The van der Waals surface area contributed by atoms with Gasteiger partial charge in [-0.25, -0.2) is 0 Å². The van der Waals surface area contributed by atoms with E-state index in [0.29, 0.717) is 0 Å². The van der Waals surface area contributed by atoms with Gasteiger partial charge in [0.25, 0.3) is 0 Å². The van der Waals surface area contributed by atoms with E-state index < -0.39 is 0 Å². The Bertz CT molecular complexity index is 208. The van der Waals surface area contributed by atoms with Crippen molar-refractivity contribution < 1.29 is 0 Å². The minimum absolute atomic E-state index is 0.829. The fourth-order valence-electron chi connectivity index (χ4n) is 3.39. The van der Waals surface area contributed by atoms with Gasteiger partial charge < -0.3 is 10.2 Å². The van der Waals surface area contributed by atoms with Gasteiger partial charge in [-0.2, -0.15) is 0 Å². The zero-order valence-electron chi connectivity index (χ0n) is 9.21. The maximum Gasteiger partial charge on any atom is 0.0101 e. The second kappa shape index (κ2) is 3.49. The molecule has 1 saturated heterocycles. The van der Waals surface area contributed by atoms with Crippen LogP contribution < -0.4 is 5.32 Å². The number of nitrogens with zero attached hydrogens (tertiary/aromatic N) is 1. The smallest absolute Gasteiger partial charge is 0.0101 e. The number of nitrogens with one attached hydrogen (secondary N) is 1. The molecule has 2 heteroatoms. The molecule has 14 heavy (non-hydrogen) atoms. The number of piperidine rings is 1. The lowest BCUT2D eigenvalue weighted by Crippen LogP contribution is -2.45. The van der Waals surface area contributed by atoms with Crippen LogP contribution in [-0.4, -0.2) is 37.1 Å². The number of hydrogen-bond acceptors (Lipinski definition) is 2. The average Bonchev–Trinajstić information content (AvgIpc) is 2.88. The topological polar surface area (TPSA) is 15.3 Å². The minimum atomic E-state index is 0.829. The number of hydrogen-bond donors (Lipinski definition) is 1. The van der Waals surface area contributed by atoms with Crippen LogP contribution in [0.3, 0.4) is 0 Å². The predicted octanol–water partition coefficient (Wildman–Crippen LogP) is 1.47. The summed E-state index contributed by atoms with van der Waals surface area (Å²) in [5, 5.41) is 3.90. The molecule has 1 heterocycles. The molecule has 3 fully saturated rings. The van der Waals surface area contributed by atoms with Gasteiger partial charge in [-0.3, -0.25) is 0 Å². The van der Waals surface area contributed by atoms with Gasteiger partial charge in [0.2, 0.25) is 0 Å². The summed E-state index contributed by atoms with van der Waals surface area (Å²) < 4.78 is 0. The Labute approximate surface area is 87.0 Å². The predicted molar refractivity (Wildman–Crippen MR) is 58.3 cm³/mol. The summed E-state index contributed by atoms with van der Waals surface area (Å²) in [5.41, 5.74) is 0. The summed E-state index contributed by atoms with van der Waals surface area (Å²) in [6, 6.07) is 1.73. The zero-order valence-corrected chi connectivity index (χ0v) is 9.21. The van der Waals surface area contributed by atoms with Crippen molar-refractivity contribution in [1.82, 2.24) is 10.2 Å². The molecule has 2 aliphatic carbocycles. The van der Waals surface area contributed by atoms with Crippen LogP contribution in [0.4, 0.5) is 0 Å². The summed E-state index contributed by atoms with van der Waals surface area (Å²) >= 11 is 0. The lowest BCUT2D eigenvalue weighted by atomic mass is 10.0. The van der Waals surface area contributed by atoms with E-state index >= 15 is 0 Å². The first-order chi connectivity index (χ1) is 6.83. The molecule has 2 saturated carbocycles. The molecule has 0 amide bonds. The largest absolute Gasteiger partial charge is 0.311 e. The minimum Gasteiger partial charge on any atom is -0.311 e. The molecule has 0 aromatic heterocycles. The molecule has 0 spiro atoms. The Hall–Kier alpha value is -0.0800. The first-order valence-corrected chi connectivity index (χ1v) is 6.27. The second-order valence-corrected chi connectivity index (χ2v) is 5.59. The van der Waals surface area contributed by atoms with Gasteiger partial charge in [0.15, 0.2) is 0 Å². The SMILES string of the molecule is CN1CCC(NC2CCC3CC32)CC1. The zero-order chi connectivity index (χ0) is 9.54. The lowest BCUT2D eigenvalue weighted by Gasteiger charge is -2.32. The van der Waals surface area contributed by atoms with Crippen molar-refractivity contribution in [3.8, 4) is 0 Å². The van der Waals surface area contributed by atoms with Gasteiger partial charge in [-0.1, -0.05) is 0 Å². The van der Waals surface area contributed by atoms with Crippen LogP contribution in [0.15, 0.2) is 0 Å². The van der Waals surface area contributed by atoms with Gasteiger partial charge in [-0.05, 0) is 64.1 Å². The maximum absolute atomic E-state index is 3.90. The average molecular weight is 194 g/mol. The molecule has 1 aliphatic heterocycles. The van der Waals surface area contributed by atoms with Crippen LogP contribution in [0.2, 0.25) is 0 Å². The number of fused-ring (bicyclic) bond motifs is 1. The molecule has 0 bridgehead atoms. The summed E-state index contributed by atoms with van der Waals surface area (Å²) in [7, 11) is 2.24. The van der Waals surface area contributed by atoms with E-state index in [1.807, 2.05) is 0 Å². The van der Waals surface area contributed by atoms with E-state index in [2.05, 4.69) is 17.3 Å². The summed E-state index contributed by atoms with van der Waals surface area (Å²) in [6.07, 6.45) is 7.23. The van der Waals surface area contributed by atoms with Crippen molar-refractivity contribution in [2.24, 2.45) is 11.8 Å². The van der Waals surface area contributed by atoms with E-state index in [1.54, 1.807) is 0 Å². The third-order valence-electron chi connectivity index (χ3n) is 4.51. The van der Waals surface area contributed by atoms with E-state index in [0.717, 1.165) is 23.9 Å². The normalized spacial score (nSPS) is 43.9. The van der Waals surface area contributed by atoms with Gasteiger partial charge in [-0.15, -0.1) is 0 Å². The number of likely N-dealkylation sites (tertiary alicyclic amines) is 1. The number of rotatable bonds is 2. The molecule has 3 rings (SSSR count). The Morgan fingerprint density at radius 3 is 2.43 bits per heavy atom. The summed E-state index contributed by atoms with van der Waals surface area (Å²) in [6.45, 7) is 2.58. The molecule has 0 aromatic rings. The van der Waals surface area contributed by atoms with Crippen LogP contribution >= 0.6 is 0 Å². The van der Waals surface area contributed by atoms with Gasteiger partial charge >= 0.3 is 0 Å². The van der Waals surface area contributed by atoms with E-state index in [4.69, 9.17) is 0 Å². The maximum atomic E-state index is 3.90. The highest BCUT2D eigenvalue weighted by Gasteiger charge is 2.48. The third-order valence-corrected chi connectivity index (χ3v) is 4.51. The first kappa shape index (κ1) is 9.17. The van der Waals surface area contributed by atoms with E-state index in [-0.39, 0.29) is 0 Å². The second-order valence-electron chi connectivity index (χ2n) is 5.59. The Morgan fingerprint density at radius 2 is 1.86 bits per heavy atom. The van der Waals surface area contributed by atoms with Crippen molar-refractivity contribution in [2.75, 3.05) is 20.1 Å². The molecule has 3 aliphatic rings. The highest BCUT2D eigenvalue weighted by atomic mass is 15.1. The van der Waals surface area contributed by atoms with Crippen LogP contribution in [0.5, 0.6) is 0 Å². The molecule has 2 nitrogen and oxygen atoms in total. The molecule has 80 valence electrons. The molecule has 0 aromatic carbocycles.